The van der Waals surface area contributed by atoms with E-state index < -0.39 is 130 Å². The van der Waals surface area contributed by atoms with E-state index in [1.54, 1.807) is 24.3 Å². The van der Waals surface area contributed by atoms with E-state index in [0.29, 0.717) is 128 Å². The molecule has 4 unspecified atom stereocenters. The second-order valence-corrected chi connectivity index (χ2v) is 30.9. The molecule has 1 amide bonds. The van der Waals surface area contributed by atoms with Crippen LogP contribution >= 0.6 is 11.3 Å². The number of aromatic hydroxyl groups is 1. The number of anilines is 1. The summed E-state index contributed by atoms with van der Waals surface area (Å²) < 4.78 is 76.3. The van der Waals surface area contributed by atoms with Gasteiger partial charge in [-0.3, -0.25) is 29.0 Å². The smallest absolute Gasteiger partial charge is 0.344 e. The number of fused-ring (bicyclic) bond motifs is 10. The van der Waals surface area contributed by atoms with Gasteiger partial charge in [0.05, 0.1) is 83.0 Å². The van der Waals surface area contributed by atoms with Crippen LogP contribution in [0.3, 0.4) is 0 Å². The van der Waals surface area contributed by atoms with Crippen LogP contribution in [0.15, 0.2) is 90.3 Å². The van der Waals surface area contributed by atoms with E-state index in [-0.39, 0.29) is 49.6 Å². The fourth-order valence-corrected chi connectivity index (χ4v) is 21.3. The molecular formula is C78H88N4O23S. The third-order valence-corrected chi connectivity index (χ3v) is 25.8. The lowest BCUT2D eigenvalue weighted by atomic mass is 9.47. The molecule has 1 spiro atoms. The Morgan fingerprint density at radius 3 is 2.25 bits per heavy atom. The zero-order chi connectivity index (χ0) is 74.3. The topological polar surface area (TPSA) is 332 Å². The molecule has 20 atom stereocenters. The summed E-state index contributed by atoms with van der Waals surface area (Å²) in [6.45, 7) is 8.33. The first-order valence-electron chi connectivity index (χ1n) is 36.1. The Morgan fingerprint density at radius 1 is 0.811 bits per heavy atom. The highest BCUT2D eigenvalue weighted by Crippen LogP contribution is 2.69. The van der Waals surface area contributed by atoms with E-state index >= 15 is 4.79 Å². The number of ether oxygens (including phenoxy) is 13. The van der Waals surface area contributed by atoms with Crippen LogP contribution in [0, 0.1) is 23.2 Å². The number of carbonyl (C=O) groups excluding carboxylic acids is 5. The number of hydrogen-bond acceptors (Lipinski definition) is 26. The molecule has 6 N–H and O–H groups in total. The van der Waals surface area contributed by atoms with E-state index in [1.165, 1.54) is 58.7 Å². The zero-order valence-corrected chi connectivity index (χ0v) is 60.9. The van der Waals surface area contributed by atoms with E-state index in [9.17, 15) is 44.7 Å². The number of methoxy groups -OCH3 is 5. The van der Waals surface area contributed by atoms with Crippen molar-refractivity contribution in [3.63, 3.8) is 0 Å². The molecule has 6 fully saturated rings. The number of H-pyrrole nitrogens is 1. The lowest BCUT2D eigenvalue weighted by Gasteiger charge is -2.63. The molecule has 2 aromatic heterocycles. The molecular weight excluding hydrogens is 1390 g/mol. The van der Waals surface area contributed by atoms with Crippen molar-refractivity contribution in [1.82, 2.24) is 14.8 Å². The Bertz CT molecular complexity index is 4470. The second kappa shape index (κ2) is 27.1. The summed E-state index contributed by atoms with van der Waals surface area (Å²) in [7, 11) is 6.95. The molecule has 17 rings (SSSR count). The van der Waals surface area contributed by atoms with Gasteiger partial charge in [-0.1, -0.05) is 50.3 Å². The van der Waals surface area contributed by atoms with Crippen LogP contribution in [0.1, 0.15) is 115 Å². The zero-order valence-electron chi connectivity index (χ0n) is 60.1. The number of thiophene rings is 1. The number of aromatic amines is 1. The molecule has 9 aliphatic heterocycles. The molecule has 0 radical (unpaired) electrons. The predicted octanol–water partition coefficient (Wildman–Crippen LogP) is 6.27. The number of nitrogens with one attached hydrogen (secondary N) is 1. The van der Waals surface area contributed by atoms with Crippen LogP contribution in [-0.2, 0) is 79.1 Å². The number of cyclic esters (lactones) is 1. The summed E-state index contributed by atoms with van der Waals surface area (Å²) in [5.41, 5.74) is -1.15. The van der Waals surface area contributed by atoms with Crippen LogP contribution in [-0.4, -0.2) is 219 Å². The summed E-state index contributed by atoms with van der Waals surface area (Å²) in [6.07, 6.45) is -1.33. The van der Waals surface area contributed by atoms with Gasteiger partial charge in [0.1, 0.15) is 35.6 Å². The third kappa shape index (κ3) is 10.7. The molecule has 4 aromatic carbocycles. The van der Waals surface area contributed by atoms with Crippen LogP contribution in [0.25, 0.3) is 10.9 Å². The first kappa shape index (κ1) is 71.8. The molecule has 5 saturated heterocycles. The number of amides is 1. The van der Waals surface area contributed by atoms with Gasteiger partial charge in [0.15, 0.2) is 41.7 Å². The van der Waals surface area contributed by atoms with Gasteiger partial charge in [-0.25, -0.2) is 4.79 Å². The van der Waals surface area contributed by atoms with E-state index in [2.05, 4.69) is 20.9 Å². The SMILES string of the molecule is CC[C@]1(O)C[C@H]2CN(CCc3c([nH]c4ccccc34)[C@@](C(=O)OC)(c3cc4c(cc3OC)N(C=O)[C@H]3[C@@](O)(C(=O)OC)[C@H](OC(C)=O)[C@]5(CC)C=CCN6CC[C@]43[C@@H]65)C2)C1.COc1cc([C@@H]2c3cc4c(cc3C(O[C@@H]3O[C@@H]5COC(c6cccs6)O[C@H]5[C@H](O)[C@H]3O)C3COC(=O)[C@@H]32)OCO4)cc(OC)c1O. The molecule has 106 heavy (non-hydrogen) atoms. The molecule has 11 heterocycles. The first-order chi connectivity index (χ1) is 51.1. The number of aliphatic hydroxyl groups is 4. The van der Waals surface area contributed by atoms with Crippen molar-refractivity contribution in [2.45, 2.75) is 149 Å². The number of hydrogen-bond donors (Lipinski definition) is 6. The molecule has 2 aliphatic carbocycles. The molecule has 6 aromatic rings. The lowest BCUT2D eigenvalue weighted by molar-refractivity contribution is -0.368. The van der Waals surface area contributed by atoms with Crippen molar-refractivity contribution in [3.8, 4) is 34.5 Å². The number of aromatic nitrogens is 1. The fourth-order valence-electron chi connectivity index (χ4n) is 20.5. The number of phenolic OH excluding ortho intramolecular Hbond substituents is 1. The van der Waals surface area contributed by atoms with Crippen LogP contribution in [0.2, 0.25) is 0 Å². The summed E-state index contributed by atoms with van der Waals surface area (Å²) >= 11 is 1.46. The Kier molecular flexibility index (Phi) is 18.3. The summed E-state index contributed by atoms with van der Waals surface area (Å²) in [4.78, 5) is 80.5. The number of aliphatic hydroxyl groups excluding tert-OH is 2. The number of benzene rings is 4. The highest BCUT2D eigenvalue weighted by atomic mass is 32.1. The van der Waals surface area contributed by atoms with Crippen LogP contribution < -0.4 is 28.6 Å². The number of nitrogens with zero attached hydrogens (tertiary/aromatic N) is 3. The molecule has 564 valence electrons. The van der Waals surface area contributed by atoms with Gasteiger partial charge in [-0.05, 0) is 127 Å². The number of para-hydroxylation sites is 1. The summed E-state index contributed by atoms with van der Waals surface area (Å²) in [5, 5.41) is 61.3. The average molecular weight is 1480 g/mol. The van der Waals surface area contributed by atoms with Crippen molar-refractivity contribution < 1.29 is 111 Å². The number of piperidine rings is 1. The minimum absolute atomic E-state index is 0.0242. The summed E-state index contributed by atoms with van der Waals surface area (Å²) in [5.74, 6) is -3.15. The lowest BCUT2D eigenvalue weighted by Crippen LogP contribution is -2.81. The first-order valence-corrected chi connectivity index (χ1v) is 37.0. The van der Waals surface area contributed by atoms with E-state index in [1.807, 2.05) is 73.8 Å². The second-order valence-electron chi connectivity index (χ2n) is 29.9. The maximum atomic E-state index is 15.3. The van der Waals surface area contributed by atoms with Gasteiger partial charge in [0.2, 0.25) is 24.6 Å². The Morgan fingerprint density at radius 2 is 1.56 bits per heavy atom. The number of phenols is 1. The van der Waals surface area contributed by atoms with E-state index in [0.717, 1.165) is 21.3 Å². The van der Waals surface area contributed by atoms with Gasteiger partial charge in [0, 0.05) is 90.0 Å². The number of esters is 4. The van der Waals surface area contributed by atoms with Gasteiger partial charge < -0.3 is 97.0 Å². The van der Waals surface area contributed by atoms with Gasteiger partial charge in [0.25, 0.3) is 0 Å². The van der Waals surface area contributed by atoms with Crippen molar-refractivity contribution in [2.24, 2.45) is 23.2 Å². The quantitative estimate of drug-likeness (QED) is 0.0303. The Balaban J connectivity index is 0.000000168. The largest absolute Gasteiger partial charge is 0.502 e. The Hall–Kier alpha value is -8.39. The third-order valence-electron chi connectivity index (χ3n) is 24.9. The molecule has 1 saturated carbocycles. The monoisotopic (exact) mass is 1480 g/mol. The van der Waals surface area contributed by atoms with Crippen molar-refractivity contribution in [2.75, 3.05) is 93.2 Å². The maximum Gasteiger partial charge on any atom is 0.344 e. The van der Waals surface area contributed by atoms with Crippen LogP contribution in [0.5, 0.6) is 34.5 Å². The van der Waals surface area contributed by atoms with Crippen LogP contribution in [0.4, 0.5) is 5.69 Å². The summed E-state index contributed by atoms with van der Waals surface area (Å²) in [6, 6.07) is 20.7. The minimum Gasteiger partial charge on any atom is -0.502 e. The Labute approximate surface area is 614 Å². The van der Waals surface area contributed by atoms with Crippen molar-refractivity contribution in [1.29, 1.82) is 0 Å². The highest BCUT2D eigenvalue weighted by Gasteiger charge is 2.81. The van der Waals surface area contributed by atoms with E-state index in [4.69, 9.17) is 61.6 Å². The van der Waals surface area contributed by atoms with Crippen molar-refractivity contribution >= 4 is 58.2 Å². The minimum atomic E-state index is -2.53. The van der Waals surface area contributed by atoms with Crippen molar-refractivity contribution in [3.05, 3.63) is 134 Å². The molecule has 27 nitrogen and oxygen atoms in total. The number of carbonyl (C=O) groups is 5. The molecule has 11 aliphatic rings. The normalized spacial score (nSPS) is 35.5. The maximum absolute atomic E-state index is 15.3. The van der Waals surface area contributed by atoms with Gasteiger partial charge >= 0.3 is 23.9 Å². The average Bonchev–Trinajstić information content (AvgIpc) is 1.46. The standard InChI is InChI=1S/C46H56N4O10.C32H32O13S/c1-7-42(55)22-28-23-45(40(53)58-5,36-30(14-18-48(24-28)25-42)29-12-9-10-13-33(29)47-36)32-20-31-34(21-35(32)57-4)50(26-51)38-44(31)16-19-49-17-11-15-43(8-2,37(44)49)39(60-27(3)52)46(38,56)41(54)59-6;1-37-19-6-13(7-20(38-2)25(19)33)23-14-8-17-18(42-12-41-17)9-15(14)28(16-10-39-30(36)24(16)23)44-32-27(35)26(34)29-21(43-32)11-40-31(45-29)22-4-3-5-46-22/h9-13,15,20-21,26,28,37-39,47,55-56H,7-8,14,16-19,22-25H2,1-6H3;3-9,16,21,23-24,26-29,31-35H,10-12H2,1-2H3/t28-,37+,38-,39-,42+,43-,44-,45+,46+;16?,21-,23-,24+,26-,27-,28?,29-,31?,32+/m11/s1. The van der Waals surface area contributed by atoms with Gasteiger partial charge in [-0.15, -0.1) is 11.3 Å². The van der Waals surface area contributed by atoms with Gasteiger partial charge in [-0.2, -0.15) is 0 Å². The highest BCUT2D eigenvalue weighted by molar-refractivity contribution is 7.10. The number of rotatable bonds is 14. The fraction of sp³-hybridized carbons (Fsp3) is 0.526. The molecule has 2 bridgehead atoms. The molecule has 28 heteroatoms. The predicted molar refractivity (Wildman–Crippen MR) is 377 cm³/mol.